The Morgan fingerprint density at radius 3 is 2.58 bits per heavy atom. The van der Waals surface area contributed by atoms with Gasteiger partial charge in [-0.2, -0.15) is 0 Å². The average Bonchev–Trinajstić information content (AvgIpc) is 2.41. The Kier molecular flexibility index (Phi) is 5.85. The van der Waals surface area contributed by atoms with Gasteiger partial charge in [-0.15, -0.1) is 0 Å². The van der Waals surface area contributed by atoms with E-state index < -0.39 is 6.04 Å². The Morgan fingerprint density at radius 2 is 2.11 bits per heavy atom. The molecule has 3 atom stereocenters. The van der Waals surface area contributed by atoms with Crippen LogP contribution in [0, 0.1) is 5.92 Å². The maximum Gasteiger partial charge on any atom is 0.246 e. The molecule has 0 aromatic heterocycles. The van der Waals surface area contributed by atoms with Gasteiger partial charge >= 0.3 is 0 Å². The van der Waals surface area contributed by atoms with Gasteiger partial charge in [0.25, 0.3) is 0 Å². The van der Waals surface area contributed by atoms with Crippen LogP contribution in [0.4, 0.5) is 0 Å². The normalized spacial score (nSPS) is 26.4. The number of carbonyl (C=O) groups is 2. The fourth-order valence-electron chi connectivity index (χ4n) is 2.30. The van der Waals surface area contributed by atoms with E-state index in [1.54, 1.807) is 4.90 Å². The molecule has 5 heteroatoms. The highest BCUT2D eigenvalue weighted by molar-refractivity contribution is 6.25. The van der Waals surface area contributed by atoms with Gasteiger partial charge in [0.2, 0.25) is 11.8 Å². The Hall–Kier alpha value is -1.03. The molecule has 1 heterocycles. The molecule has 0 saturated carbocycles. The molecule has 0 radical (unpaired) electrons. The largest absolute Gasteiger partial charge is 0.342 e. The van der Waals surface area contributed by atoms with Crippen molar-refractivity contribution in [3.63, 3.8) is 0 Å². The van der Waals surface area contributed by atoms with Crippen LogP contribution < -0.4 is 5.32 Å². The van der Waals surface area contributed by atoms with E-state index in [2.05, 4.69) is 5.32 Å². The van der Waals surface area contributed by atoms with Gasteiger partial charge < -0.3 is 10.2 Å². The lowest BCUT2D eigenvalue weighted by Gasteiger charge is -2.40. The van der Waals surface area contributed by atoms with Crippen LogP contribution in [-0.4, -0.2) is 35.3 Å². The quantitative estimate of drug-likeness (QED) is 0.843. The van der Waals surface area contributed by atoms with Gasteiger partial charge in [-0.05, 0) is 24.8 Å². The molecule has 1 rings (SSSR count). The van der Waals surface area contributed by atoms with Crippen molar-refractivity contribution in [3.8, 4) is 0 Å². The highest BCUT2D eigenvalue weighted by atomic mass is 35.5. The molecule has 1 aliphatic rings. The minimum Gasteiger partial charge on any atom is -0.342 e. The van der Waals surface area contributed by atoms with Crippen LogP contribution in [0.1, 0.15) is 40.5 Å². The molecule has 0 bridgehead atoms. The lowest BCUT2D eigenvalue weighted by molar-refractivity contribution is -0.150. The van der Waals surface area contributed by atoms with Crippen LogP contribution in [0.25, 0.3) is 0 Å². The third-order valence-electron chi connectivity index (χ3n) is 3.73. The number of carbonyl (C=O) groups excluding carboxylic acids is 2. The number of halogens is 1. The minimum atomic E-state index is -0.413. The number of amides is 2. The van der Waals surface area contributed by atoms with E-state index in [1.165, 1.54) is 5.54 Å². The first-order valence-electron chi connectivity index (χ1n) is 6.82. The van der Waals surface area contributed by atoms with Crippen molar-refractivity contribution >= 4 is 23.4 Å². The number of hydrogen-bond acceptors (Lipinski definition) is 2. The van der Waals surface area contributed by atoms with Crippen molar-refractivity contribution < 1.29 is 9.59 Å². The summed E-state index contributed by atoms with van der Waals surface area (Å²) in [5.41, 5.74) is 2.34. The molecular weight excluding hydrogens is 264 g/mol. The third-order valence-corrected chi connectivity index (χ3v) is 4.10. The third kappa shape index (κ3) is 3.50. The summed E-state index contributed by atoms with van der Waals surface area (Å²) in [4.78, 5) is 26.3. The van der Waals surface area contributed by atoms with Crippen LogP contribution in [0.5, 0.6) is 0 Å². The van der Waals surface area contributed by atoms with Crippen LogP contribution in [-0.2, 0) is 9.59 Å². The van der Waals surface area contributed by atoms with Crippen LogP contribution >= 0.6 is 11.6 Å². The Labute approximate surface area is 120 Å². The number of rotatable bonds is 5. The molecule has 108 valence electrons. The maximum absolute atomic E-state index is 12.5. The molecule has 0 spiro atoms. The number of nitrogens with zero attached hydrogens (tertiary/aromatic N) is 1. The van der Waals surface area contributed by atoms with Gasteiger partial charge in [0.05, 0.1) is 0 Å². The smallest absolute Gasteiger partial charge is 0.246 e. The predicted molar refractivity (Wildman–Crippen MR) is 76.8 cm³/mol. The summed E-state index contributed by atoms with van der Waals surface area (Å²) < 4.78 is 0. The summed E-state index contributed by atoms with van der Waals surface area (Å²) in [5.74, 6) is 0.0745. The highest BCUT2D eigenvalue weighted by Gasteiger charge is 2.41. The summed E-state index contributed by atoms with van der Waals surface area (Å²) in [6, 6.07) is -0.803. The monoisotopic (exact) mass is 286 g/mol. The first kappa shape index (κ1) is 16.0. The zero-order valence-electron chi connectivity index (χ0n) is 12.1. The van der Waals surface area contributed by atoms with E-state index in [-0.39, 0.29) is 23.8 Å². The zero-order valence-corrected chi connectivity index (χ0v) is 12.8. The van der Waals surface area contributed by atoms with E-state index in [1.807, 2.05) is 27.7 Å². The number of piperazine rings is 1. The van der Waals surface area contributed by atoms with Crippen LogP contribution in [0.2, 0.25) is 0 Å². The second kappa shape index (κ2) is 6.94. The van der Waals surface area contributed by atoms with E-state index >= 15 is 0 Å². The summed E-state index contributed by atoms with van der Waals surface area (Å²) in [7, 11) is 0. The highest BCUT2D eigenvalue weighted by Crippen LogP contribution is 2.20. The minimum absolute atomic E-state index is 0.00123. The molecular formula is C14H23ClN2O2. The summed E-state index contributed by atoms with van der Waals surface area (Å²) in [5, 5.41) is 2.86. The van der Waals surface area contributed by atoms with Crippen LogP contribution in [0.15, 0.2) is 11.1 Å². The van der Waals surface area contributed by atoms with Gasteiger partial charge in [0.15, 0.2) is 0 Å². The summed E-state index contributed by atoms with van der Waals surface area (Å²) in [6.07, 6.45) is 1.46. The Balaban J connectivity index is 2.99. The summed E-state index contributed by atoms with van der Waals surface area (Å²) in [6.45, 7) is 8.19. The van der Waals surface area contributed by atoms with Gasteiger partial charge in [-0.3, -0.25) is 9.59 Å². The second-order valence-electron chi connectivity index (χ2n) is 5.22. The van der Waals surface area contributed by atoms with Crippen molar-refractivity contribution in [1.29, 1.82) is 0 Å². The zero-order chi connectivity index (χ0) is 14.6. The van der Waals surface area contributed by atoms with Gasteiger partial charge in [0.1, 0.15) is 12.1 Å². The van der Waals surface area contributed by atoms with Gasteiger partial charge in [-0.1, -0.05) is 38.8 Å². The number of nitrogens with one attached hydrogen (secondary N) is 1. The van der Waals surface area contributed by atoms with Crippen molar-refractivity contribution in [2.75, 3.05) is 6.54 Å². The second-order valence-corrected chi connectivity index (χ2v) is 5.44. The average molecular weight is 287 g/mol. The topological polar surface area (TPSA) is 49.4 Å². The fourth-order valence-corrected chi connectivity index (χ4v) is 2.37. The maximum atomic E-state index is 12.5. The van der Waals surface area contributed by atoms with E-state index in [9.17, 15) is 9.59 Å². The molecule has 1 N–H and O–H groups in total. The van der Waals surface area contributed by atoms with Crippen LogP contribution in [0.3, 0.4) is 0 Å². The lowest BCUT2D eigenvalue weighted by Crippen LogP contribution is -2.64. The van der Waals surface area contributed by atoms with E-state index in [0.717, 1.165) is 12.0 Å². The van der Waals surface area contributed by atoms with E-state index in [0.29, 0.717) is 13.0 Å². The molecule has 1 aliphatic heterocycles. The SMILES string of the molecule is CCC(C)C1NC(=O)C(CC)N(CC(C)=CCl)C1=O. The van der Waals surface area contributed by atoms with Crippen molar-refractivity contribution in [3.05, 3.63) is 11.1 Å². The molecule has 1 fully saturated rings. The Bertz CT molecular complexity index is 382. The molecule has 0 aromatic carbocycles. The van der Waals surface area contributed by atoms with E-state index in [4.69, 9.17) is 11.6 Å². The first-order valence-corrected chi connectivity index (χ1v) is 7.26. The first-order chi connectivity index (χ1) is 8.96. The van der Waals surface area contributed by atoms with Crippen molar-refractivity contribution in [1.82, 2.24) is 10.2 Å². The van der Waals surface area contributed by atoms with Gasteiger partial charge in [0, 0.05) is 12.1 Å². The Morgan fingerprint density at radius 1 is 1.47 bits per heavy atom. The lowest BCUT2D eigenvalue weighted by atomic mass is 9.93. The molecule has 19 heavy (non-hydrogen) atoms. The number of hydrogen-bond donors (Lipinski definition) is 1. The standard InChI is InChI=1S/C14H23ClN2O2/c1-5-10(4)12-14(19)17(8-9(3)7-15)11(6-2)13(18)16-12/h7,10-12H,5-6,8H2,1-4H3,(H,16,18). The summed E-state index contributed by atoms with van der Waals surface area (Å²) >= 11 is 5.67. The molecule has 0 aromatic rings. The van der Waals surface area contributed by atoms with Crippen molar-refractivity contribution in [2.24, 2.45) is 5.92 Å². The molecule has 2 amide bonds. The predicted octanol–water partition coefficient (Wildman–Crippen LogP) is 2.28. The molecule has 0 aliphatic carbocycles. The van der Waals surface area contributed by atoms with Gasteiger partial charge in [-0.25, -0.2) is 0 Å². The van der Waals surface area contributed by atoms with Crippen molar-refractivity contribution in [2.45, 2.75) is 52.6 Å². The molecule has 4 nitrogen and oxygen atoms in total. The molecule has 3 unspecified atom stereocenters. The molecule has 1 saturated heterocycles. The fraction of sp³-hybridized carbons (Fsp3) is 0.714.